The minimum Gasteiger partial charge on any atom is -0.500 e. The molecular weight excluding hydrogens is 502 g/mol. The molecule has 2 aliphatic carbocycles. The number of ether oxygens (including phenoxy) is 2. The quantitative estimate of drug-likeness (QED) is 0.305. The molecule has 0 spiro atoms. The maximum absolute atomic E-state index is 5.54. The summed E-state index contributed by atoms with van der Waals surface area (Å²) in [6.07, 6.45) is 4.67. The first-order valence-electron chi connectivity index (χ1n) is 9.08. The normalized spacial score (nSPS) is 27.0. The van der Waals surface area contributed by atoms with Crippen molar-refractivity contribution in [1.29, 1.82) is 0 Å². The van der Waals surface area contributed by atoms with Gasteiger partial charge in [-0.2, -0.15) is 0 Å². The van der Waals surface area contributed by atoms with Crippen LogP contribution in [0.3, 0.4) is 0 Å². The van der Waals surface area contributed by atoms with Crippen molar-refractivity contribution in [3.63, 3.8) is 0 Å². The van der Waals surface area contributed by atoms with Gasteiger partial charge in [0.25, 0.3) is 0 Å². The topological polar surface area (TPSA) is 31.4 Å². The third-order valence-corrected chi connectivity index (χ3v) is 7.42. The molecule has 3 nitrogen and oxygen atoms in total. The van der Waals surface area contributed by atoms with E-state index in [2.05, 4.69) is 45.2 Å². The summed E-state index contributed by atoms with van der Waals surface area (Å²) in [7, 11) is 0. The first-order valence-corrected chi connectivity index (χ1v) is 9.08. The van der Waals surface area contributed by atoms with Gasteiger partial charge in [-0.3, -0.25) is 0 Å². The van der Waals surface area contributed by atoms with Crippen molar-refractivity contribution in [3.05, 3.63) is 41.6 Å². The van der Waals surface area contributed by atoms with E-state index in [0.717, 1.165) is 22.0 Å². The molecule has 0 amide bonds. The second kappa shape index (κ2) is 4.99. The van der Waals surface area contributed by atoms with Gasteiger partial charge in [0.15, 0.2) is 0 Å². The number of nitrogens with zero attached hydrogens (tertiary/aromatic N) is 1. The van der Waals surface area contributed by atoms with Crippen molar-refractivity contribution in [2.45, 2.75) is 44.9 Å². The van der Waals surface area contributed by atoms with Crippen LogP contribution >= 0.6 is 0 Å². The molecule has 0 unspecified atom stereocenters. The molecule has 1 radical (unpaired) electrons. The van der Waals surface area contributed by atoms with Crippen LogP contribution in [0.4, 0.5) is 0 Å². The second-order valence-corrected chi connectivity index (χ2v) is 8.53. The molecule has 1 aromatic heterocycles. The summed E-state index contributed by atoms with van der Waals surface area (Å²) in [6.45, 7) is 7.59. The predicted molar refractivity (Wildman–Crippen MR) is 97.3 cm³/mol. The van der Waals surface area contributed by atoms with Crippen LogP contribution in [-0.4, -0.2) is 11.8 Å². The summed E-state index contributed by atoms with van der Waals surface area (Å²) < 4.78 is 11.0. The van der Waals surface area contributed by atoms with E-state index in [1.807, 2.05) is 6.07 Å². The molecule has 0 N–H and O–H groups in total. The zero-order chi connectivity index (χ0) is 17.0. The van der Waals surface area contributed by atoms with Crippen LogP contribution in [0.5, 0.6) is 11.5 Å². The maximum Gasteiger partial charge on any atom is 0.218 e. The van der Waals surface area contributed by atoms with Gasteiger partial charge in [-0.15, -0.1) is 10.8 Å². The van der Waals surface area contributed by atoms with Gasteiger partial charge in [0.2, 0.25) is 6.79 Å². The minimum absolute atomic E-state index is 0. The van der Waals surface area contributed by atoms with Crippen molar-refractivity contribution in [3.8, 4) is 11.5 Å². The van der Waals surface area contributed by atoms with Gasteiger partial charge in [-0.05, 0) is 51.6 Å². The molecule has 2 bridgehead atoms. The van der Waals surface area contributed by atoms with Crippen molar-refractivity contribution < 1.29 is 29.6 Å². The Bertz CT molecular complexity index is 1090. The van der Waals surface area contributed by atoms with E-state index >= 15 is 0 Å². The summed E-state index contributed by atoms with van der Waals surface area (Å²) in [4.78, 5) is 4.89. The Labute approximate surface area is 166 Å². The fraction of sp³-hybridized carbons (Fsp3) is 0.409. The molecule has 3 aromatic rings. The average Bonchev–Trinajstić information content (AvgIpc) is 3.19. The van der Waals surface area contributed by atoms with E-state index in [1.54, 1.807) is 0 Å². The van der Waals surface area contributed by atoms with Crippen molar-refractivity contribution >= 4 is 21.7 Å². The summed E-state index contributed by atoms with van der Waals surface area (Å²) in [5.74, 6) is 2.11. The number of pyridine rings is 1. The predicted octanol–water partition coefficient (Wildman–Crippen LogP) is 5.09. The first kappa shape index (κ1) is 16.5. The number of fused-ring (bicyclic) bond motifs is 10. The van der Waals surface area contributed by atoms with E-state index in [4.69, 9.17) is 14.5 Å². The molecule has 26 heavy (non-hydrogen) atoms. The van der Waals surface area contributed by atoms with Crippen LogP contribution in [0.25, 0.3) is 21.7 Å². The van der Waals surface area contributed by atoms with Crippen LogP contribution in [-0.2, 0) is 25.5 Å². The van der Waals surface area contributed by atoms with Gasteiger partial charge in [-0.1, -0.05) is 45.0 Å². The van der Waals surface area contributed by atoms with Crippen LogP contribution in [0.2, 0.25) is 0 Å². The van der Waals surface area contributed by atoms with Crippen molar-refractivity contribution in [2.75, 3.05) is 6.79 Å². The van der Waals surface area contributed by atoms with E-state index < -0.39 is 0 Å². The molecule has 1 saturated carbocycles. The zero-order valence-electron chi connectivity index (χ0n) is 15.1. The Balaban J connectivity index is 0.00000150. The molecule has 2 heterocycles. The van der Waals surface area contributed by atoms with E-state index in [9.17, 15) is 0 Å². The maximum atomic E-state index is 5.54. The third kappa shape index (κ3) is 1.70. The van der Waals surface area contributed by atoms with E-state index in [0.29, 0.717) is 17.1 Å². The SMILES string of the molecule is CC1(C)[C@H]2CC[C@]1(C)c1c2cnc2c1ccc1cc3c([c-]c12)OCO3.[Ir]. The fourth-order valence-electron chi connectivity index (χ4n) is 5.67. The standard InChI is InChI=1S/C22H20NO2.Ir/c1-21(2)16-6-7-22(21,3)19-13-5-4-12-8-17-18(25-11-24-17)9-14(12)20(13)23-10-15(16)19;/h4-5,8,10,16H,6-7,11H2,1-3H3;/q-1;/t16-,22+;/m0./s1. The second-order valence-electron chi connectivity index (χ2n) is 8.53. The van der Waals surface area contributed by atoms with Gasteiger partial charge < -0.3 is 14.5 Å². The smallest absolute Gasteiger partial charge is 0.218 e. The van der Waals surface area contributed by atoms with E-state index in [-0.39, 0.29) is 32.3 Å². The number of benzene rings is 2. The molecule has 135 valence electrons. The first-order chi connectivity index (χ1) is 12.0. The molecule has 2 atom stereocenters. The molecule has 2 aromatic carbocycles. The summed E-state index contributed by atoms with van der Waals surface area (Å²) in [5, 5.41) is 3.43. The number of hydrogen-bond donors (Lipinski definition) is 0. The molecule has 1 aliphatic heterocycles. The minimum atomic E-state index is 0. The number of aromatic nitrogens is 1. The molecule has 3 aliphatic rings. The summed E-state index contributed by atoms with van der Waals surface area (Å²) in [5.41, 5.74) is 4.54. The monoisotopic (exact) mass is 523 g/mol. The van der Waals surface area contributed by atoms with Gasteiger partial charge in [-0.25, -0.2) is 0 Å². The Morgan fingerprint density at radius 1 is 1.19 bits per heavy atom. The average molecular weight is 523 g/mol. The molecule has 4 heteroatoms. The van der Waals surface area contributed by atoms with E-state index in [1.165, 1.54) is 29.4 Å². The van der Waals surface area contributed by atoms with Crippen LogP contribution in [0, 0.1) is 11.5 Å². The number of rotatable bonds is 0. The molecule has 0 saturated heterocycles. The van der Waals surface area contributed by atoms with Crippen LogP contribution < -0.4 is 9.47 Å². The molecular formula is C22H20IrNO2-. The number of hydrogen-bond acceptors (Lipinski definition) is 3. The van der Waals surface area contributed by atoms with Gasteiger partial charge in [0, 0.05) is 26.3 Å². The van der Waals surface area contributed by atoms with Crippen LogP contribution in [0.15, 0.2) is 24.4 Å². The van der Waals surface area contributed by atoms with Gasteiger partial charge in [0.1, 0.15) is 0 Å². The Morgan fingerprint density at radius 2 is 2.04 bits per heavy atom. The Hall–Kier alpha value is -1.64. The Morgan fingerprint density at radius 3 is 2.88 bits per heavy atom. The Kier molecular flexibility index (Phi) is 3.17. The van der Waals surface area contributed by atoms with Crippen LogP contribution in [0.1, 0.15) is 50.7 Å². The largest absolute Gasteiger partial charge is 0.500 e. The van der Waals surface area contributed by atoms with Gasteiger partial charge in [0.05, 0.1) is 11.5 Å². The summed E-state index contributed by atoms with van der Waals surface area (Å²) in [6, 6.07) is 9.88. The third-order valence-electron chi connectivity index (χ3n) is 7.42. The zero-order valence-corrected chi connectivity index (χ0v) is 17.5. The van der Waals surface area contributed by atoms with Crippen molar-refractivity contribution in [1.82, 2.24) is 4.98 Å². The fourth-order valence-corrected chi connectivity index (χ4v) is 5.67. The molecule has 1 fully saturated rings. The molecule has 6 rings (SSSR count). The van der Waals surface area contributed by atoms with Crippen molar-refractivity contribution in [2.24, 2.45) is 5.41 Å². The van der Waals surface area contributed by atoms with Gasteiger partial charge >= 0.3 is 0 Å². The summed E-state index contributed by atoms with van der Waals surface area (Å²) >= 11 is 0.